The fourth-order valence-corrected chi connectivity index (χ4v) is 4.86. The number of nitrogens with zero attached hydrogens (tertiary/aromatic N) is 3. The number of ether oxygens (including phenoxy) is 1. The standard InChI is InChI=1S/C23H27ClN4O4S/c1-3-28(4-2)33(30,31)20-12-13-22(32-19-10-8-18(24)9-11-19)21(17-20)26-23(29)7-5-15-27-16-6-14-25-27/h6,8-14,16-17H,3-5,7,15H2,1-2H3,(H,26,29). The molecule has 0 spiro atoms. The molecule has 176 valence electrons. The number of amides is 1. The molecule has 1 N–H and O–H groups in total. The Balaban J connectivity index is 1.83. The molecule has 3 rings (SSSR count). The highest BCUT2D eigenvalue weighted by atomic mass is 35.5. The van der Waals surface area contributed by atoms with Crippen molar-refractivity contribution in [3.05, 3.63) is 65.9 Å². The van der Waals surface area contributed by atoms with Crippen molar-refractivity contribution in [2.24, 2.45) is 0 Å². The molecule has 0 saturated carbocycles. The van der Waals surface area contributed by atoms with Crippen LogP contribution in [0, 0.1) is 0 Å². The number of halogens is 1. The first kappa shape index (κ1) is 24.8. The molecule has 0 saturated heterocycles. The van der Waals surface area contributed by atoms with E-state index in [0.29, 0.717) is 42.6 Å². The van der Waals surface area contributed by atoms with Crippen LogP contribution in [0.15, 0.2) is 65.8 Å². The van der Waals surface area contributed by atoms with Gasteiger partial charge in [0, 0.05) is 43.5 Å². The highest BCUT2D eigenvalue weighted by Crippen LogP contribution is 2.33. The minimum absolute atomic E-state index is 0.0847. The Bertz CT molecular complexity index is 1160. The number of aryl methyl sites for hydroxylation is 1. The van der Waals surface area contributed by atoms with Gasteiger partial charge in [0.15, 0.2) is 5.75 Å². The van der Waals surface area contributed by atoms with Crippen molar-refractivity contribution in [3.63, 3.8) is 0 Å². The van der Waals surface area contributed by atoms with Crippen LogP contribution in [0.2, 0.25) is 5.02 Å². The zero-order valence-electron chi connectivity index (χ0n) is 18.6. The van der Waals surface area contributed by atoms with Gasteiger partial charge in [-0.2, -0.15) is 9.40 Å². The van der Waals surface area contributed by atoms with Gasteiger partial charge in [-0.25, -0.2) is 8.42 Å². The van der Waals surface area contributed by atoms with E-state index in [2.05, 4.69) is 10.4 Å². The van der Waals surface area contributed by atoms with Gasteiger partial charge in [-0.1, -0.05) is 25.4 Å². The zero-order chi connectivity index (χ0) is 23.8. The number of carbonyl (C=O) groups is 1. The summed E-state index contributed by atoms with van der Waals surface area (Å²) in [5, 5.41) is 7.49. The highest BCUT2D eigenvalue weighted by molar-refractivity contribution is 7.89. The molecular formula is C23H27ClN4O4S. The fourth-order valence-electron chi connectivity index (χ4n) is 3.25. The van der Waals surface area contributed by atoms with Gasteiger partial charge in [0.2, 0.25) is 15.9 Å². The number of carbonyl (C=O) groups excluding carboxylic acids is 1. The maximum atomic E-state index is 13.0. The molecule has 1 amide bonds. The molecule has 0 aliphatic rings. The molecule has 2 aromatic carbocycles. The van der Waals surface area contributed by atoms with Crippen LogP contribution in [0.5, 0.6) is 11.5 Å². The summed E-state index contributed by atoms with van der Waals surface area (Å²) >= 11 is 5.94. The topological polar surface area (TPSA) is 93.5 Å². The molecule has 0 aliphatic carbocycles. The van der Waals surface area contributed by atoms with Gasteiger partial charge < -0.3 is 10.1 Å². The molecule has 3 aromatic rings. The van der Waals surface area contributed by atoms with E-state index in [1.54, 1.807) is 55.1 Å². The molecule has 0 aliphatic heterocycles. The number of sulfonamides is 1. The highest BCUT2D eigenvalue weighted by Gasteiger charge is 2.23. The van der Waals surface area contributed by atoms with E-state index in [-0.39, 0.29) is 22.9 Å². The zero-order valence-corrected chi connectivity index (χ0v) is 20.1. The van der Waals surface area contributed by atoms with E-state index >= 15 is 0 Å². The Labute approximate surface area is 199 Å². The molecule has 0 atom stereocenters. The van der Waals surface area contributed by atoms with Crippen molar-refractivity contribution in [1.29, 1.82) is 0 Å². The molecule has 0 unspecified atom stereocenters. The third-order valence-corrected chi connectivity index (χ3v) is 7.26. The van der Waals surface area contributed by atoms with Gasteiger partial charge in [0.1, 0.15) is 5.75 Å². The first-order valence-electron chi connectivity index (χ1n) is 10.7. The van der Waals surface area contributed by atoms with Gasteiger partial charge in [-0.15, -0.1) is 0 Å². The lowest BCUT2D eigenvalue weighted by Crippen LogP contribution is -2.30. The second kappa shape index (κ2) is 11.3. The first-order chi connectivity index (χ1) is 15.8. The SMILES string of the molecule is CCN(CC)S(=O)(=O)c1ccc(Oc2ccc(Cl)cc2)c(NC(=O)CCCn2cccn2)c1. The Hall–Kier alpha value is -2.88. The van der Waals surface area contributed by atoms with Crippen LogP contribution in [-0.2, 0) is 21.4 Å². The van der Waals surface area contributed by atoms with Crippen LogP contribution in [0.1, 0.15) is 26.7 Å². The lowest BCUT2D eigenvalue weighted by Gasteiger charge is -2.20. The molecule has 1 heterocycles. The van der Waals surface area contributed by atoms with Crippen molar-refractivity contribution in [2.45, 2.75) is 38.1 Å². The number of rotatable bonds is 11. The second-order valence-corrected chi connectivity index (χ2v) is 9.60. The summed E-state index contributed by atoms with van der Waals surface area (Å²) in [7, 11) is -3.70. The maximum absolute atomic E-state index is 13.0. The van der Waals surface area contributed by atoms with Crippen molar-refractivity contribution < 1.29 is 17.9 Å². The lowest BCUT2D eigenvalue weighted by molar-refractivity contribution is -0.116. The molecule has 0 fully saturated rings. The molecule has 10 heteroatoms. The van der Waals surface area contributed by atoms with E-state index in [0.717, 1.165) is 0 Å². The third kappa shape index (κ3) is 6.56. The number of nitrogens with one attached hydrogen (secondary N) is 1. The summed E-state index contributed by atoms with van der Waals surface area (Å²) < 4.78 is 35.0. The molecule has 33 heavy (non-hydrogen) atoms. The van der Waals surface area contributed by atoms with E-state index < -0.39 is 10.0 Å². The van der Waals surface area contributed by atoms with Gasteiger partial charge in [0.25, 0.3) is 0 Å². The Morgan fingerprint density at radius 1 is 1.15 bits per heavy atom. The smallest absolute Gasteiger partial charge is 0.243 e. The number of hydrogen-bond donors (Lipinski definition) is 1. The average Bonchev–Trinajstić information content (AvgIpc) is 3.30. The van der Waals surface area contributed by atoms with Crippen LogP contribution in [0.25, 0.3) is 0 Å². The number of aromatic nitrogens is 2. The van der Waals surface area contributed by atoms with Crippen LogP contribution in [0.4, 0.5) is 5.69 Å². The average molecular weight is 491 g/mol. The third-order valence-electron chi connectivity index (χ3n) is 4.96. The predicted octanol–water partition coefficient (Wildman–Crippen LogP) is 4.78. The molecule has 0 bridgehead atoms. The van der Waals surface area contributed by atoms with Crippen LogP contribution < -0.4 is 10.1 Å². The van der Waals surface area contributed by atoms with Crippen LogP contribution in [0.3, 0.4) is 0 Å². The number of benzene rings is 2. The Morgan fingerprint density at radius 2 is 1.88 bits per heavy atom. The number of anilines is 1. The maximum Gasteiger partial charge on any atom is 0.243 e. The summed E-state index contributed by atoms with van der Waals surface area (Å²) in [6.07, 6.45) is 4.34. The normalized spacial score (nSPS) is 11.5. The Kier molecular flexibility index (Phi) is 8.49. The van der Waals surface area contributed by atoms with E-state index in [4.69, 9.17) is 16.3 Å². The van der Waals surface area contributed by atoms with E-state index in [1.165, 1.54) is 16.4 Å². The van der Waals surface area contributed by atoms with Crippen molar-refractivity contribution in [2.75, 3.05) is 18.4 Å². The molecule has 8 nitrogen and oxygen atoms in total. The summed E-state index contributed by atoms with van der Waals surface area (Å²) in [5.74, 6) is 0.588. The van der Waals surface area contributed by atoms with Crippen molar-refractivity contribution in [3.8, 4) is 11.5 Å². The largest absolute Gasteiger partial charge is 0.455 e. The molecule has 0 radical (unpaired) electrons. The lowest BCUT2D eigenvalue weighted by atomic mass is 10.2. The van der Waals surface area contributed by atoms with Gasteiger partial charge in [-0.05, 0) is 55.0 Å². The second-order valence-electron chi connectivity index (χ2n) is 7.22. The van der Waals surface area contributed by atoms with Crippen LogP contribution in [-0.4, -0.2) is 41.5 Å². The Morgan fingerprint density at radius 3 is 2.52 bits per heavy atom. The molecular weight excluding hydrogens is 464 g/mol. The van der Waals surface area contributed by atoms with Crippen molar-refractivity contribution >= 4 is 33.2 Å². The summed E-state index contributed by atoms with van der Waals surface area (Å²) in [5.41, 5.74) is 0.280. The van der Waals surface area contributed by atoms with Crippen molar-refractivity contribution in [1.82, 2.24) is 14.1 Å². The minimum atomic E-state index is -3.70. The first-order valence-corrected chi connectivity index (χ1v) is 12.5. The van der Waals surface area contributed by atoms with Crippen LogP contribution >= 0.6 is 11.6 Å². The van der Waals surface area contributed by atoms with Gasteiger partial charge >= 0.3 is 0 Å². The van der Waals surface area contributed by atoms with Gasteiger partial charge in [0.05, 0.1) is 10.6 Å². The monoisotopic (exact) mass is 490 g/mol. The molecule has 1 aromatic heterocycles. The number of hydrogen-bond acceptors (Lipinski definition) is 5. The quantitative estimate of drug-likeness (QED) is 0.417. The van der Waals surface area contributed by atoms with E-state index in [9.17, 15) is 13.2 Å². The summed E-state index contributed by atoms with van der Waals surface area (Å²) in [4.78, 5) is 12.7. The fraction of sp³-hybridized carbons (Fsp3) is 0.304. The summed E-state index contributed by atoms with van der Waals surface area (Å²) in [6.45, 7) is 4.85. The van der Waals surface area contributed by atoms with Gasteiger partial charge in [-0.3, -0.25) is 9.48 Å². The minimum Gasteiger partial charge on any atom is -0.455 e. The summed E-state index contributed by atoms with van der Waals surface area (Å²) in [6, 6.07) is 13.0. The van der Waals surface area contributed by atoms with E-state index in [1.807, 2.05) is 12.3 Å². The predicted molar refractivity (Wildman–Crippen MR) is 128 cm³/mol.